The van der Waals surface area contributed by atoms with Gasteiger partial charge in [0, 0.05) is 50.6 Å². The maximum absolute atomic E-state index is 12.8. The number of methoxy groups -OCH3 is 2. The Balaban J connectivity index is 1.49. The van der Waals surface area contributed by atoms with Crippen molar-refractivity contribution in [1.29, 1.82) is 0 Å². The van der Waals surface area contributed by atoms with Gasteiger partial charge in [-0.2, -0.15) is 0 Å². The fourth-order valence-electron chi connectivity index (χ4n) is 4.39. The lowest BCUT2D eigenvalue weighted by atomic mass is 9.65. The first kappa shape index (κ1) is 23.2. The highest BCUT2D eigenvalue weighted by molar-refractivity contribution is 5.82. The van der Waals surface area contributed by atoms with Crippen molar-refractivity contribution in [3.05, 3.63) is 23.3 Å². The molecule has 0 aromatic heterocycles. The third kappa shape index (κ3) is 4.46. The molecular formula is C24H38N4O3. The Bertz CT molecular complexity index is 847. The number of rotatable bonds is 6. The maximum Gasteiger partial charge on any atom is 0.222 e. The highest BCUT2D eigenvalue weighted by Gasteiger charge is 2.53. The van der Waals surface area contributed by atoms with Gasteiger partial charge in [-0.1, -0.05) is 13.8 Å². The third-order valence-corrected chi connectivity index (χ3v) is 7.27. The summed E-state index contributed by atoms with van der Waals surface area (Å²) in [5.41, 5.74) is 2.69. The topological polar surface area (TPSA) is 66.4 Å². The zero-order chi connectivity index (χ0) is 22.8. The molecule has 7 nitrogen and oxygen atoms in total. The van der Waals surface area contributed by atoms with E-state index in [9.17, 15) is 4.79 Å². The predicted octanol–water partition coefficient (Wildman–Crippen LogP) is 3.06. The van der Waals surface area contributed by atoms with Gasteiger partial charge in [-0.05, 0) is 49.9 Å². The Hall–Kier alpha value is -2.44. The van der Waals surface area contributed by atoms with Gasteiger partial charge >= 0.3 is 0 Å². The smallest absolute Gasteiger partial charge is 0.222 e. The van der Waals surface area contributed by atoms with Crippen molar-refractivity contribution in [3.8, 4) is 11.5 Å². The summed E-state index contributed by atoms with van der Waals surface area (Å²) in [5.74, 6) is 2.57. The molecule has 2 aliphatic rings. The molecule has 0 spiro atoms. The summed E-state index contributed by atoms with van der Waals surface area (Å²) in [6, 6.07) is 4.03. The Morgan fingerprint density at radius 3 is 2.32 bits per heavy atom. The van der Waals surface area contributed by atoms with Crippen molar-refractivity contribution in [2.45, 2.75) is 59.0 Å². The van der Waals surface area contributed by atoms with Crippen molar-refractivity contribution in [1.82, 2.24) is 15.1 Å². The van der Waals surface area contributed by atoms with E-state index in [0.29, 0.717) is 18.7 Å². The number of benzene rings is 1. The number of likely N-dealkylation sites (tertiary alicyclic amines) is 1. The number of amides is 1. The van der Waals surface area contributed by atoms with E-state index in [4.69, 9.17) is 9.47 Å². The molecule has 1 fully saturated rings. The summed E-state index contributed by atoms with van der Waals surface area (Å²) in [4.78, 5) is 21.5. The van der Waals surface area contributed by atoms with Crippen LogP contribution >= 0.6 is 0 Å². The summed E-state index contributed by atoms with van der Waals surface area (Å²) in [6.07, 6.45) is 2.15. The van der Waals surface area contributed by atoms with Crippen LogP contribution in [0.3, 0.4) is 0 Å². The number of aliphatic imine (C=N–C) groups is 1. The van der Waals surface area contributed by atoms with Gasteiger partial charge in [0.1, 0.15) is 0 Å². The SMILES string of the molecule is CN=C(NCCCC(=O)N1CCc2cc(OC)c(OC)cc2C1)N1CC(C)(C)C1(C)C. The van der Waals surface area contributed by atoms with Crippen molar-refractivity contribution in [2.24, 2.45) is 10.4 Å². The summed E-state index contributed by atoms with van der Waals surface area (Å²) in [5, 5.41) is 3.44. The number of ether oxygens (including phenoxy) is 2. The Labute approximate surface area is 186 Å². The van der Waals surface area contributed by atoms with E-state index in [0.717, 1.165) is 49.7 Å². The molecule has 2 aliphatic heterocycles. The number of fused-ring (bicyclic) bond motifs is 1. The molecule has 7 heteroatoms. The minimum absolute atomic E-state index is 0.0651. The van der Waals surface area contributed by atoms with E-state index >= 15 is 0 Å². The lowest BCUT2D eigenvalue weighted by molar-refractivity contribution is -0.132. The minimum atomic E-state index is 0.0651. The molecule has 0 radical (unpaired) electrons. The van der Waals surface area contributed by atoms with Gasteiger partial charge in [0.2, 0.25) is 5.91 Å². The first-order valence-corrected chi connectivity index (χ1v) is 11.1. The molecule has 1 N–H and O–H groups in total. The monoisotopic (exact) mass is 430 g/mol. The number of nitrogens with one attached hydrogen (secondary N) is 1. The van der Waals surface area contributed by atoms with Crippen LogP contribution in [0.1, 0.15) is 51.7 Å². The molecule has 3 rings (SSSR count). The lowest BCUT2D eigenvalue weighted by Gasteiger charge is -2.62. The van der Waals surface area contributed by atoms with Crippen LogP contribution in [0.2, 0.25) is 0 Å². The zero-order valence-electron chi connectivity index (χ0n) is 20.2. The summed E-state index contributed by atoms with van der Waals surface area (Å²) in [6.45, 7) is 12.2. The van der Waals surface area contributed by atoms with E-state index in [-0.39, 0.29) is 16.9 Å². The zero-order valence-corrected chi connectivity index (χ0v) is 20.2. The summed E-state index contributed by atoms with van der Waals surface area (Å²) < 4.78 is 10.8. The molecule has 1 amide bonds. The van der Waals surface area contributed by atoms with Crippen LogP contribution in [-0.2, 0) is 17.8 Å². The van der Waals surface area contributed by atoms with Crippen LogP contribution < -0.4 is 14.8 Å². The second-order valence-electron chi connectivity index (χ2n) is 9.65. The van der Waals surface area contributed by atoms with E-state index in [1.54, 1.807) is 14.2 Å². The second kappa shape index (κ2) is 8.97. The van der Waals surface area contributed by atoms with Gasteiger partial charge in [-0.15, -0.1) is 0 Å². The normalized spacial score (nSPS) is 19.4. The van der Waals surface area contributed by atoms with Gasteiger partial charge in [0.25, 0.3) is 0 Å². The van der Waals surface area contributed by atoms with Crippen LogP contribution in [-0.4, -0.2) is 68.1 Å². The summed E-state index contributed by atoms with van der Waals surface area (Å²) >= 11 is 0. The van der Waals surface area contributed by atoms with Gasteiger partial charge < -0.3 is 24.6 Å². The number of nitrogens with zero attached hydrogens (tertiary/aromatic N) is 3. The molecule has 1 saturated heterocycles. The molecule has 2 heterocycles. The summed E-state index contributed by atoms with van der Waals surface area (Å²) in [7, 11) is 5.11. The highest BCUT2D eigenvalue weighted by Crippen LogP contribution is 2.46. The highest BCUT2D eigenvalue weighted by atomic mass is 16.5. The number of carbonyl (C=O) groups excluding carboxylic acids is 1. The van der Waals surface area contributed by atoms with Crippen molar-refractivity contribution < 1.29 is 14.3 Å². The Kier molecular flexibility index (Phi) is 6.72. The third-order valence-electron chi connectivity index (χ3n) is 7.27. The predicted molar refractivity (Wildman–Crippen MR) is 124 cm³/mol. The molecule has 0 aliphatic carbocycles. The van der Waals surface area contributed by atoms with Crippen molar-refractivity contribution in [2.75, 3.05) is 40.9 Å². The van der Waals surface area contributed by atoms with Gasteiger partial charge in [0.05, 0.1) is 14.2 Å². The second-order valence-corrected chi connectivity index (χ2v) is 9.65. The van der Waals surface area contributed by atoms with Crippen LogP contribution in [0, 0.1) is 5.41 Å². The van der Waals surface area contributed by atoms with Gasteiger partial charge in [-0.3, -0.25) is 9.79 Å². The average molecular weight is 431 g/mol. The van der Waals surface area contributed by atoms with Gasteiger partial charge in [0.15, 0.2) is 17.5 Å². The lowest BCUT2D eigenvalue weighted by Crippen LogP contribution is -2.72. The Morgan fingerprint density at radius 2 is 1.77 bits per heavy atom. The molecule has 0 saturated carbocycles. The molecule has 0 atom stereocenters. The van der Waals surface area contributed by atoms with Gasteiger partial charge in [-0.25, -0.2) is 0 Å². The quantitative estimate of drug-likeness (QED) is 0.427. The number of hydrogen-bond acceptors (Lipinski definition) is 4. The first-order valence-electron chi connectivity index (χ1n) is 11.1. The van der Waals surface area contributed by atoms with E-state index < -0.39 is 0 Å². The number of hydrogen-bond donors (Lipinski definition) is 1. The molecule has 172 valence electrons. The molecule has 0 unspecified atom stereocenters. The maximum atomic E-state index is 12.8. The van der Waals surface area contributed by atoms with Crippen LogP contribution in [0.25, 0.3) is 0 Å². The first-order chi connectivity index (χ1) is 14.6. The Morgan fingerprint density at radius 1 is 1.13 bits per heavy atom. The van der Waals surface area contributed by atoms with Crippen molar-refractivity contribution >= 4 is 11.9 Å². The molecule has 31 heavy (non-hydrogen) atoms. The fourth-order valence-corrected chi connectivity index (χ4v) is 4.39. The van der Waals surface area contributed by atoms with Crippen molar-refractivity contribution in [3.63, 3.8) is 0 Å². The van der Waals surface area contributed by atoms with Crippen LogP contribution in [0.4, 0.5) is 0 Å². The standard InChI is InChI=1S/C24H38N4O3/c1-23(2)16-28(24(23,3)4)22(25-5)26-11-8-9-21(29)27-12-10-17-13-19(30-6)20(31-7)14-18(17)15-27/h13-14H,8-12,15-16H2,1-7H3,(H,25,26). The van der Waals surface area contributed by atoms with E-state index in [1.807, 2.05) is 24.1 Å². The molecule has 1 aromatic carbocycles. The molecular weight excluding hydrogens is 392 g/mol. The van der Waals surface area contributed by atoms with Crippen LogP contribution in [0.15, 0.2) is 17.1 Å². The minimum Gasteiger partial charge on any atom is -0.493 e. The average Bonchev–Trinajstić information content (AvgIpc) is 2.76. The van der Waals surface area contributed by atoms with E-state index in [1.165, 1.54) is 5.56 Å². The molecule has 1 aromatic rings. The number of guanidine groups is 1. The largest absolute Gasteiger partial charge is 0.493 e. The van der Waals surface area contributed by atoms with Crippen LogP contribution in [0.5, 0.6) is 11.5 Å². The van der Waals surface area contributed by atoms with E-state index in [2.05, 4.69) is 42.9 Å². The molecule has 0 bridgehead atoms. The fraction of sp³-hybridized carbons (Fsp3) is 0.667. The number of carbonyl (C=O) groups is 1.